The molecule has 0 aromatic carbocycles. The molecule has 2 N–H and O–H groups in total. The van der Waals surface area contributed by atoms with Gasteiger partial charge < -0.3 is 10.6 Å². The fraction of sp³-hybridized carbons (Fsp3) is 1.00. The van der Waals surface area contributed by atoms with Crippen molar-refractivity contribution >= 4 is 0 Å². The molecule has 0 fully saturated rings. The van der Waals surface area contributed by atoms with E-state index < -0.39 is 0 Å². The minimum Gasteiger partial charge on any atom is -0.330 e. The highest BCUT2D eigenvalue weighted by atomic mass is 15.1. The van der Waals surface area contributed by atoms with Gasteiger partial charge in [-0.05, 0) is 24.4 Å². The van der Waals surface area contributed by atoms with Crippen LogP contribution in [-0.2, 0) is 0 Å². The van der Waals surface area contributed by atoms with E-state index in [1.165, 1.54) is 6.54 Å². The summed E-state index contributed by atoms with van der Waals surface area (Å²) in [6.07, 6.45) is 0. The van der Waals surface area contributed by atoms with Crippen molar-refractivity contribution < 1.29 is 0 Å². The molecule has 0 rings (SSSR count). The highest BCUT2D eigenvalue weighted by Crippen LogP contribution is 2.15. The first kappa shape index (κ1) is 12.9. The second kappa shape index (κ2) is 5.61. The molecule has 0 saturated heterocycles. The van der Waals surface area contributed by atoms with Crippen molar-refractivity contribution in [1.29, 1.82) is 0 Å². The SMILES string of the molecule is CCN(CC(C)C)CC(C)(C)CN. The van der Waals surface area contributed by atoms with Crippen molar-refractivity contribution in [3.8, 4) is 0 Å². The summed E-state index contributed by atoms with van der Waals surface area (Å²) in [7, 11) is 0. The van der Waals surface area contributed by atoms with E-state index in [2.05, 4.69) is 39.5 Å². The monoisotopic (exact) mass is 186 g/mol. The first-order chi connectivity index (χ1) is 5.91. The quantitative estimate of drug-likeness (QED) is 0.687. The Hall–Kier alpha value is -0.0800. The summed E-state index contributed by atoms with van der Waals surface area (Å²) in [5.74, 6) is 0.744. The molecule has 2 heteroatoms. The van der Waals surface area contributed by atoms with Crippen LogP contribution in [0.15, 0.2) is 0 Å². The molecule has 0 amide bonds. The van der Waals surface area contributed by atoms with Crippen LogP contribution in [0.1, 0.15) is 34.6 Å². The number of hydrogen-bond donors (Lipinski definition) is 1. The van der Waals surface area contributed by atoms with Gasteiger partial charge in [0, 0.05) is 13.1 Å². The van der Waals surface area contributed by atoms with Crippen molar-refractivity contribution in [3.63, 3.8) is 0 Å². The summed E-state index contributed by atoms with van der Waals surface area (Å²) in [6.45, 7) is 15.4. The summed E-state index contributed by atoms with van der Waals surface area (Å²) >= 11 is 0. The summed E-state index contributed by atoms with van der Waals surface area (Å²) in [4.78, 5) is 2.48. The lowest BCUT2D eigenvalue weighted by atomic mass is 9.93. The van der Waals surface area contributed by atoms with Crippen LogP contribution in [0.25, 0.3) is 0 Å². The zero-order valence-corrected chi connectivity index (χ0v) is 9.93. The molecule has 0 bridgehead atoms. The van der Waals surface area contributed by atoms with E-state index in [4.69, 9.17) is 5.73 Å². The Labute approximate surface area is 83.5 Å². The molecule has 0 spiro atoms. The van der Waals surface area contributed by atoms with Gasteiger partial charge in [0.15, 0.2) is 0 Å². The molecule has 0 aliphatic heterocycles. The van der Waals surface area contributed by atoms with Crippen LogP contribution < -0.4 is 5.73 Å². The van der Waals surface area contributed by atoms with Gasteiger partial charge in [-0.25, -0.2) is 0 Å². The van der Waals surface area contributed by atoms with E-state index in [0.29, 0.717) is 0 Å². The molecular weight excluding hydrogens is 160 g/mol. The molecule has 0 atom stereocenters. The number of nitrogens with two attached hydrogens (primary N) is 1. The van der Waals surface area contributed by atoms with Crippen molar-refractivity contribution in [2.45, 2.75) is 34.6 Å². The molecule has 13 heavy (non-hydrogen) atoms. The topological polar surface area (TPSA) is 29.3 Å². The molecule has 0 aliphatic carbocycles. The van der Waals surface area contributed by atoms with E-state index in [9.17, 15) is 0 Å². The number of rotatable bonds is 6. The molecule has 0 aromatic heterocycles. The van der Waals surface area contributed by atoms with Crippen molar-refractivity contribution in [2.24, 2.45) is 17.1 Å². The average molecular weight is 186 g/mol. The zero-order valence-electron chi connectivity index (χ0n) is 9.93. The van der Waals surface area contributed by atoms with Gasteiger partial charge >= 0.3 is 0 Å². The first-order valence-electron chi connectivity index (χ1n) is 5.33. The zero-order chi connectivity index (χ0) is 10.5. The van der Waals surface area contributed by atoms with E-state index in [-0.39, 0.29) is 5.41 Å². The first-order valence-corrected chi connectivity index (χ1v) is 5.33. The molecule has 0 aromatic rings. The molecule has 0 radical (unpaired) electrons. The van der Waals surface area contributed by atoms with Gasteiger partial charge in [0.05, 0.1) is 0 Å². The van der Waals surface area contributed by atoms with Gasteiger partial charge in [-0.3, -0.25) is 0 Å². The second-order valence-corrected chi connectivity index (χ2v) is 5.09. The van der Waals surface area contributed by atoms with E-state index in [1.807, 2.05) is 0 Å². The third-order valence-electron chi connectivity index (χ3n) is 2.27. The minimum atomic E-state index is 0.255. The van der Waals surface area contributed by atoms with Gasteiger partial charge in [0.2, 0.25) is 0 Å². The Kier molecular flexibility index (Phi) is 5.57. The Morgan fingerprint density at radius 1 is 1.31 bits per heavy atom. The molecule has 0 aliphatic rings. The summed E-state index contributed by atoms with van der Waals surface area (Å²) in [5, 5.41) is 0. The number of hydrogen-bond acceptors (Lipinski definition) is 2. The summed E-state index contributed by atoms with van der Waals surface area (Å²) < 4.78 is 0. The predicted octanol–water partition coefficient (Wildman–Crippen LogP) is 1.95. The third kappa shape index (κ3) is 6.05. The fourth-order valence-corrected chi connectivity index (χ4v) is 1.49. The maximum absolute atomic E-state index is 5.71. The van der Waals surface area contributed by atoms with Gasteiger partial charge in [-0.2, -0.15) is 0 Å². The van der Waals surface area contributed by atoms with Crippen LogP contribution in [0.2, 0.25) is 0 Å². The van der Waals surface area contributed by atoms with Crippen molar-refractivity contribution in [3.05, 3.63) is 0 Å². The molecule has 0 unspecified atom stereocenters. The molecular formula is C11H26N2. The molecule has 0 saturated carbocycles. The minimum absolute atomic E-state index is 0.255. The summed E-state index contributed by atoms with van der Waals surface area (Å²) in [6, 6.07) is 0. The smallest absolute Gasteiger partial charge is 0.00447 e. The van der Waals surface area contributed by atoms with Crippen LogP contribution >= 0.6 is 0 Å². The lowest BCUT2D eigenvalue weighted by Gasteiger charge is -2.32. The lowest BCUT2D eigenvalue weighted by molar-refractivity contribution is 0.174. The molecule has 0 heterocycles. The Bertz CT molecular complexity index is 130. The van der Waals surface area contributed by atoms with E-state index in [1.54, 1.807) is 0 Å². The maximum Gasteiger partial charge on any atom is 0.00447 e. The second-order valence-electron chi connectivity index (χ2n) is 5.09. The summed E-state index contributed by atoms with van der Waals surface area (Å²) in [5.41, 5.74) is 5.97. The van der Waals surface area contributed by atoms with Gasteiger partial charge in [-0.15, -0.1) is 0 Å². The van der Waals surface area contributed by atoms with Gasteiger partial charge in [-0.1, -0.05) is 34.6 Å². The van der Waals surface area contributed by atoms with E-state index in [0.717, 1.165) is 25.6 Å². The van der Waals surface area contributed by atoms with Crippen LogP contribution in [-0.4, -0.2) is 31.1 Å². The molecule has 2 nitrogen and oxygen atoms in total. The average Bonchev–Trinajstić information content (AvgIpc) is 2.02. The van der Waals surface area contributed by atoms with Crippen LogP contribution in [0.4, 0.5) is 0 Å². The highest BCUT2D eigenvalue weighted by molar-refractivity contribution is 4.74. The standard InChI is InChI=1S/C11H26N2/c1-6-13(7-10(2)3)9-11(4,5)8-12/h10H,6-9,12H2,1-5H3. The largest absolute Gasteiger partial charge is 0.330 e. The fourth-order valence-electron chi connectivity index (χ4n) is 1.49. The Balaban J connectivity index is 3.97. The highest BCUT2D eigenvalue weighted by Gasteiger charge is 2.19. The van der Waals surface area contributed by atoms with E-state index >= 15 is 0 Å². The Morgan fingerprint density at radius 2 is 1.85 bits per heavy atom. The van der Waals surface area contributed by atoms with Crippen molar-refractivity contribution in [2.75, 3.05) is 26.2 Å². The van der Waals surface area contributed by atoms with Gasteiger partial charge in [0.1, 0.15) is 0 Å². The van der Waals surface area contributed by atoms with Crippen LogP contribution in [0.3, 0.4) is 0 Å². The van der Waals surface area contributed by atoms with Gasteiger partial charge in [0.25, 0.3) is 0 Å². The maximum atomic E-state index is 5.71. The number of nitrogens with zero attached hydrogens (tertiary/aromatic N) is 1. The lowest BCUT2D eigenvalue weighted by Crippen LogP contribution is -2.40. The Morgan fingerprint density at radius 3 is 2.15 bits per heavy atom. The van der Waals surface area contributed by atoms with Crippen LogP contribution in [0, 0.1) is 11.3 Å². The van der Waals surface area contributed by atoms with Crippen LogP contribution in [0.5, 0.6) is 0 Å². The predicted molar refractivity (Wildman–Crippen MR) is 59.8 cm³/mol. The molecule has 80 valence electrons. The van der Waals surface area contributed by atoms with Crippen molar-refractivity contribution in [1.82, 2.24) is 4.90 Å². The normalized spacial score (nSPS) is 12.9. The third-order valence-corrected chi connectivity index (χ3v) is 2.27.